The molecule has 0 fully saturated rings. The van der Waals surface area contributed by atoms with E-state index < -0.39 is 12.0 Å². The van der Waals surface area contributed by atoms with E-state index in [-0.39, 0.29) is 24.5 Å². The van der Waals surface area contributed by atoms with E-state index in [9.17, 15) is 15.0 Å². The van der Waals surface area contributed by atoms with Crippen molar-refractivity contribution in [1.82, 2.24) is 0 Å². The van der Waals surface area contributed by atoms with Gasteiger partial charge >= 0.3 is 5.97 Å². The first-order chi connectivity index (χ1) is 11.5. The lowest BCUT2D eigenvalue weighted by Crippen LogP contribution is -2.34. The summed E-state index contributed by atoms with van der Waals surface area (Å²) in [4.78, 5) is 11.9. The lowest BCUT2D eigenvalue weighted by Gasteiger charge is -2.12. The van der Waals surface area contributed by atoms with E-state index in [0.29, 0.717) is 12.0 Å². The number of hydrogen-bond donors (Lipinski definition) is 3. The van der Waals surface area contributed by atoms with Crippen molar-refractivity contribution >= 4 is 5.97 Å². The number of esters is 1. The van der Waals surface area contributed by atoms with Crippen molar-refractivity contribution in [3.63, 3.8) is 0 Å². The number of phenolic OH excluding ortho intramolecular Hbond substituents is 2. The molecule has 2 aromatic rings. The molecule has 0 heterocycles. The quantitative estimate of drug-likeness (QED) is 0.528. The van der Waals surface area contributed by atoms with Gasteiger partial charge in [-0.25, -0.2) is 0 Å². The minimum atomic E-state index is -0.829. The highest BCUT2D eigenvalue weighted by molar-refractivity contribution is 5.76. The number of benzene rings is 2. The molecule has 6 nitrogen and oxygen atoms in total. The van der Waals surface area contributed by atoms with Crippen LogP contribution in [-0.4, -0.2) is 35.9 Å². The van der Waals surface area contributed by atoms with Gasteiger partial charge in [0, 0.05) is 6.42 Å². The summed E-state index contributed by atoms with van der Waals surface area (Å²) in [5.74, 6) is -0.187. The van der Waals surface area contributed by atoms with E-state index in [4.69, 9.17) is 15.2 Å². The first kappa shape index (κ1) is 17.6. The van der Waals surface area contributed by atoms with Crippen LogP contribution >= 0.6 is 0 Å². The van der Waals surface area contributed by atoms with Gasteiger partial charge in [0.1, 0.15) is 11.8 Å². The number of phenols is 2. The fraction of sp³-hybridized carbons (Fsp3) is 0.278. The number of methoxy groups -OCH3 is 1. The van der Waals surface area contributed by atoms with E-state index in [2.05, 4.69) is 0 Å². The van der Waals surface area contributed by atoms with Gasteiger partial charge in [0.2, 0.25) is 0 Å². The third kappa shape index (κ3) is 4.89. The summed E-state index contributed by atoms with van der Waals surface area (Å²) in [6.45, 7) is 0.236. The normalized spacial score (nSPS) is 11.8. The van der Waals surface area contributed by atoms with Gasteiger partial charge in [0.05, 0.1) is 13.7 Å². The maximum absolute atomic E-state index is 11.9. The minimum Gasteiger partial charge on any atom is -0.504 e. The van der Waals surface area contributed by atoms with Gasteiger partial charge in [-0.3, -0.25) is 4.79 Å². The van der Waals surface area contributed by atoms with Gasteiger partial charge in [-0.1, -0.05) is 18.2 Å². The molecule has 4 N–H and O–H groups in total. The van der Waals surface area contributed by atoms with Gasteiger partial charge in [-0.2, -0.15) is 0 Å². The van der Waals surface area contributed by atoms with Crippen LogP contribution in [0.5, 0.6) is 17.2 Å². The van der Waals surface area contributed by atoms with Crippen molar-refractivity contribution in [3.8, 4) is 17.2 Å². The van der Waals surface area contributed by atoms with E-state index in [1.165, 1.54) is 12.1 Å². The van der Waals surface area contributed by atoms with Crippen molar-refractivity contribution < 1.29 is 24.5 Å². The molecule has 6 heteroatoms. The molecule has 0 aliphatic rings. The van der Waals surface area contributed by atoms with Crippen molar-refractivity contribution in [2.45, 2.75) is 18.9 Å². The van der Waals surface area contributed by atoms with Gasteiger partial charge in [0.15, 0.2) is 11.5 Å². The zero-order valence-corrected chi connectivity index (χ0v) is 13.4. The number of ether oxygens (including phenoxy) is 2. The standard InChI is InChI=1S/C18H21NO5/c1-23-14-5-2-12(3-6-14)8-9-24-18(22)15(19)10-13-4-7-16(20)17(21)11-13/h2-7,11,15,20-21H,8-10,19H2,1H3. The molecule has 1 atom stereocenters. The van der Waals surface area contributed by atoms with Crippen LogP contribution in [0.2, 0.25) is 0 Å². The maximum atomic E-state index is 11.9. The third-order valence-corrected chi connectivity index (χ3v) is 3.59. The molecular formula is C18H21NO5. The van der Waals surface area contributed by atoms with Crippen LogP contribution in [0, 0.1) is 0 Å². The SMILES string of the molecule is COc1ccc(CCOC(=O)C(N)Cc2ccc(O)c(O)c2)cc1. The van der Waals surface area contributed by atoms with Crippen molar-refractivity contribution in [2.75, 3.05) is 13.7 Å². The zero-order chi connectivity index (χ0) is 17.5. The molecule has 0 aliphatic carbocycles. The molecule has 0 saturated carbocycles. The average molecular weight is 331 g/mol. The van der Waals surface area contributed by atoms with Crippen LogP contribution in [0.1, 0.15) is 11.1 Å². The Morgan fingerprint density at radius 3 is 2.38 bits per heavy atom. The Bertz CT molecular complexity index is 684. The van der Waals surface area contributed by atoms with Crippen LogP contribution in [0.15, 0.2) is 42.5 Å². The number of nitrogens with two attached hydrogens (primary N) is 1. The highest BCUT2D eigenvalue weighted by atomic mass is 16.5. The average Bonchev–Trinajstić information content (AvgIpc) is 2.58. The second kappa shape index (κ2) is 8.21. The van der Waals surface area contributed by atoms with Gasteiger partial charge in [0.25, 0.3) is 0 Å². The van der Waals surface area contributed by atoms with Crippen LogP contribution in [0.4, 0.5) is 0 Å². The minimum absolute atomic E-state index is 0.214. The van der Waals surface area contributed by atoms with Crippen LogP contribution in [0.3, 0.4) is 0 Å². The molecular weight excluding hydrogens is 310 g/mol. The topological polar surface area (TPSA) is 102 Å². The highest BCUT2D eigenvalue weighted by Crippen LogP contribution is 2.25. The zero-order valence-electron chi connectivity index (χ0n) is 13.4. The van der Waals surface area contributed by atoms with Crippen molar-refractivity contribution in [3.05, 3.63) is 53.6 Å². The van der Waals surface area contributed by atoms with Crippen LogP contribution in [0.25, 0.3) is 0 Å². The first-order valence-electron chi connectivity index (χ1n) is 7.55. The molecule has 24 heavy (non-hydrogen) atoms. The third-order valence-electron chi connectivity index (χ3n) is 3.59. The second-order valence-corrected chi connectivity index (χ2v) is 5.40. The largest absolute Gasteiger partial charge is 0.504 e. The van der Waals surface area contributed by atoms with Crippen LogP contribution in [-0.2, 0) is 22.4 Å². The van der Waals surface area contributed by atoms with Gasteiger partial charge < -0.3 is 25.4 Å². The maximum Gasteiger partial charge on any atom is 0.323 e. The highest BCUT2D eigenvalue weighted by Gasteiger charge is 2.16. The number of carbonyl (C=O) groups excluding carboxylic acids is 1. The lowest BCUT2D eigenvalue weighted by molar-refractivity contribution is -0.145. The second-order valence-electron chi connectivity index (χ2n) is 5.40. The molecule has 0 radical (unpaired) electrons. The smallest absolute Gasteiger partial charge is 0.323 e. The predicted molar refractivity (Wildman–Crippen MR) is 89.1 cm³/mol. The number of rotatable bonds is 7. The van der Waals surface area contributed by atoms with Gasteiger partial charge in [-0.15, -0.1) is 0 Å². The summed E-state index contributed by atoms with van der Waals surface area (Å²) in [7, 11) is 1.60. The number of carbonyl (C=O) groups is 1. The number of aromatic hydroxyl groups is 2. The van der Waals surface area contributed by atoms with E-state index in [1.807, 2.05) is 24.3 Å². The van der Waals surface area contributed by atoms with E-state index in [1.54, 1.807) is 13.2 Å². The van der Waals surface area contributed by atoms with E-state index >= 15 is 0 Å². The summed E-state index contributed by atoms with van der Waals surface area (Å²) < 4.78 is 10.3. The molecule has 0 aromatic heterocycles. The molecule has 128 valence electrons. The fourth-order valence-electron chi connectivity index (χ4n) is 2.20. The summed E-state index contributed by atoms with van der Waals surface area (Å²) >= 11 is 0. The Kier molecular flexibility index (Phi) is 6.03. The van der Waals surface area contributed by atoms with E-state index in [0.717, 1.165) is 11.3 Å². The monoisotopic (exact) mass is 331 g/mol. The van der Waals surface area contributed by atoms with Crippen molar-refractivity contribution in [2.24, 2.45) is 5.73 Å². The molecule has 2 aromatic carbocycles. The molecule has 0 aliphatic heterocycles. The van der Waals surface area contributed by atoms with Crippen molar-refractivity contribution in [1.29, 1.82) is 0 Å². The Morgan fingerprint density at radius 2 is 1.75 bits per heavy atom. The molecule has 0 bridgehead atoms. The molecule has 2 rings (SSSR count). The molecule has 0 spiro atoms. The summed E-state index contributed by atoms with van der Waals surface area (Å²) in [6, 6.07) is 11.0. The predicted octanol–water partition coefficient (Wildman–Crippen LogP) is 1.76. The fourth-order valence-corrected chi connectivity index (χ4v) is 2.20. The molecule has 1 unspecified atom stereocenters. The first-order valence-corrected chi connectivity index (χ1v) is 7.55. The Morgan fingerprint density at radius 1 is 1.08 bits per heavy atom. The summed E-state index contributed by atoms with van der Waals surface area (Å²) in [5.41, 5.74) is 7.49. The summed E-state index contributed by atoms with van der Waals surface area (Å²) in [5, 5.41) is 18.7. The molecule has 0 saturated heterocycles. The Labute approximate surface area is 140 Å². The lowest BCUT2D eigenvalue weighted by atomic mass is 10.1. The number of hydrogen-bond acceptors (Lipinski definition) is 6. The van der Waals surface area contributed by atoms with Gasteiger partial charge in [-0.05, 0) is 41.8 Å². The summed E-state index contributed by atoms with van der Waals surface area (Å²) in [6.07, 6.45) is 0.803. The Balaban J connectivity index is 1.79. The molecule has 0 amide bonds. The van der Waals surface area contributed by atoms with Crippen LogP contribution < -0.4 is 10.5 Å². The Hall–Kier alpha value is -2.73.